The molecule has 0 spiro atoms. The van der Waals surface area contributed by atoms with E-state index in [0.717, 1.165) is 0 Å². The van der Waals surface area contributed by atoms with E-state index in [1.54, 1.807) is 10.3 Å². The number of nitrogen functional groups attached to an aromatic ring is 1. The minimum atomic E-state index is -0.168. The number of hydrogen-bond donors (Lipinski definition) is 1. The summed E-state index contributed by atoms with van der Waals surface area (Å²) >= 11 is 1.24. The number of aromatic nitrogens is 1. The zero-order valence-corrected chi connectivity index (χ0v) is 10.1. The summed E-state index contributed by atoms with van der Waals surface area (Å²) in [6, 6.07) is 2.07. The van der Waals surface area contributed by atoms with Crippen LogP contribution in [0, 0.1) is 11.3 Å². The predicted octanol–water partition coefficient (Wildman–Crippen LogP) is 1.49. The highest BCUT2D eigenvalue weighted by atomic mass is 32.1. The molecule has 1 aromatic heterocycles. The van der Waals surface area contributed by atoms with Gasteiger partial charge in [0, 0.05) is 18.0 Å². The minimum absolute atomic E-state index is 0.0452. The second-order valence-electron chi connectivity index (χ2n) is 3.57. The fraction of sp³-hybridized carbons (Fsp3) is 0.500. The number of hydrogen-bond acceptors (Lipinski definition) is 5. The average molecular weight is 238 g/mol. The van der Waals surface area contributed by atoms with Crippen LogP contribution in [0.4, 0.5) is 5.13 Å². The zero-order chi connectivity index (χ0) is 12.1. The van der Waals surface area contributed by atoms with Gasteiger partial charge in [0.15, 0.2) is 5.13 Å². The van der Waals surface area contributed by atoms with Crippen molar-refractivity contribution in [1.82, 2.24) is 9.88 Å². The lowest BCUT2D eigenvalue weighted by Crippen LogP contribution is -2.37. The quantitative estimate of drug-likeness (QED) is 0.861. The zero-order valence-electron chi connectivity index (χ0n) is 9.30. The van der Waals surface area contributed by atoms with E-state index < -0.39 is 0 Å². The first-order valence-electron chi connectivity index (χ1n) is 4.95. The lowest BCUT2D eigenvalue weighted by molar-refractivity contribution is 0.0705. The van der Waals surface area contributed by atoms with E-state index in [-0.39, 0.29) is 11.9 Å². The normalized spacial score (nSPS) is 10.1. The number of carbonyl (C=O) groups excluding carboxylic acids is 1. The topological polar surface area (TPSA) is 83.0 Å². The third kappa shape index (κ3) is 2.94. The summed E-state index contributed by atoms with van der Waals surface area (Å²) in [6.07, 6.45) is 0.323. The third-order valence-corrected chi connectivity index (χ3v) is 2.76. The number of anilines is 1. The van der Waals surface area contributed by atoms with Gasteiger partial charge in [-0.15, -0.1) is 11.3 Å². The Bertz CT molecular complexity index is 407. The molecule has 6 heteroatoms. The van der Waals surface area contributed by atoms with Gasteiger partial charge in [-0.25, -0.2) is 4.98 Å². The Morgan fingerprint density at radius 3 is 2.88 bits per heavy atom. The van der Waals surface area contributed by atoms with Gasteiger partial charge in [-0.05, 0) is 13.8 Å². The number of carbonyl (C=O) groups is 1. The third-order valence-electron chi connectivity index (χ3n) is 2.09. The van der Waals surface area contributed by atoms with E-state index in [1.165, 1.54) is 11.3 Å². The molecule has 0 aliphatic heterocycles. The number of rotatable bonds is 4. The van der Waals surface area contributed by atoms with Gasteiger partial charge in [0.05, 0.1) is 12.5 Å². The summed E-state index contributed by atoms with van der Waals surface area (Å²) in [4.78, 5) is 17.6. The molecule has 5 nitrogen and oxygen atoms in total. The van der Waals surface area contributed by atoms with E-state index in [4.69, 9.17) is 11.0 Å². The maximum absolute atomic E-state index is 12.0. The van der Waals surface area contributed by atoms with Crippen molar-refractivity contribution in [2.45, 2.75) is 26.3 Å². The Kier molecular flexibility index (Phi) is 4.26. The van der Waals surface area contributed by atoms with Crippen LogP contribution in [-0.4, -0.2) is 28.4 Å². The standard InChI is InChI=1S/C10H14N4OS/c1-7(2)14(5-3-4-11)9(15)8-6-16-10(12)13-8/h6-7H,3,5H2,1-2H3,(H2,12,13). The highest BCUT2D eigenvalue weighted by Gasteiger charge is 2.20. The van der Waals surface area contributed by atoms with Crippen molar-refractivity contribution >= 4 is 22.4 Å². The average Bonchev–Trinajstić information content (AvgIpc) is 2.64. The van der Waals surface area contributed by atoms with Gasteiger partial charge in [-0.2, -0.15) is 5.26 Å². The molecule has 1 amide bonds. The van der Waals surface area contributed by atoms with Crippen LogP contribution in [0.15, 0.2) is 5.38 Å². The highest BCUT2D eigenvalue weighted by molar-refractivity contribution is 7.13. The van der Waals surface area contributed by atoms with Crippen molar-refractivity contribution in [2.24, 2.45) is 0 Å². The molecule has 1 heterocycles. The Morgan fingerprint density at radius 2 is 2.44 bits per heavy atom. The van der Waals surface area contributed by atoms with Crippen LogP contribution in [0.3, 0.4) is 0 Å². The van der Waals surface area contributed by atoms with Crippen molar-refractivity contribution in [3.8, 4) is 6.07 Å². The smallest absolute Gasteiger partial charge is 0.273 e. The molecular weight excluding hydrogens is 224 g/mol. The van der Waals surface area contributed by atoms with Crippen molar-refractivity contribution in [2.75, 3.05) is 12.3 Å². The molecule has 0 aliphatic carbocycles. The Hall–Kier alpha value is -1.61. The first kappa shape index (κ1) is 12.5. The number of amides is 1. The summed E-state index contributed by atoms with van der Waals surface area (Å²) in [5.41, 5.74) is 5.83. The minimum Gasteiger partial charge on any atom is -0.375 e. The van der Waals surface area contributed by atoms with Crippen LogP contribution in [-0.2, 0) is 0 Å². The van der Waals surface area contributed by atoms with Gasteiger partial charge in [-0.1, -0.05) is 0 Å². The van der Waals surface area contributed by atoms with Crippen molar-refractivity contribution in [3.05, 3.63) is 11.1 Å². The monoisotopic (exact) mass is 238 g/mol. The summed E-state index contributed by atoms with van der Waals surface area (Å²) in [7, 11) is 0. The number of nitriles is 1. The summed E-state index contributed by atoms with van der Waals surface area (Å²) in [5.74, 6) is -0.168. The Labute approximate surface area is 98.5 Å². The molecule has 0 aliphatic rings. The molecule has 0 radical (unpaired) electrons. The van der Waals surface area contributed by atoms with E-state index in [1.807, 2.05) is 19.9 Å². The van der Waals surface area contributed by atoms with Crippen LogP contribution in [0.2, 0.25) is 0 Å². The maximum Gasteiger partial charge on any atom is 0.273 e. The van der Waals surface area contributed by atoms with Crippen LogP contribution >= 0.6 is 11.3 Å². The molecule has 0 unspecified atom stereocenters. The first-order valence-corrected chi connectivity index (χ1v) is 5.83. The summed E-state index contributed by atoms with van der Waals surface area (Å²) < 4.78 is 0. The molecule has 16 heavy (non-hydrogen) atoms. The molecule has 0 atom stereocenters. The molecule has 86 valence electrons. The molecule has 1 rings (SSSR count). The van der Waals surface area contributed by atoms with Gasteiger partial charge >= 0.3 is 0 Å². The molecule has 0 saturated carbocycles. The second-order valence-corrected chi connectivity index (χ2v) is 4.46. The van der Waals surface area contributed by atoms with Crippen molar-refractivity contribution < 1.29 is 4.79 Å². The maximum atomic E-state index is 12.0. The highest BCUT2D eigenvalue weighted by Crippen LogP contribution is 2.14. The fourth-order valence-electron chi connectivity index (χ4n) is 1.30. The molecule has 0 saturated heterocycles. The van der Waals surface area contributed by atoms with Crippen molar-refractivity contribution in [1.29, 1.82) is 5.26 Å². The second kappa shape index (κ2) is 5.47. The Morgan fingerprint density at radius 1 is 1.75 bits per heavy atom. The predicted molar refractivity (Wildman–Crippen MR) is 62.9 cm³/mol. The summed E-state index contributed by atoms with van der Waals surface area (Å²) in [6.45, 7) is 4.24. The van der Waals surface area contributed by atoms with Crippen LogP contribution in [0.5, 0.6) is 0 Å². The van der Waals surface area contributed by atoms with Gasteiger partial charge in [0.25, 0.3) is 5.91 Å². The van der Waals surface area contributed by atoms with E-state index in [2.05, 4.69) is 4.98 Å². The van der Waals surface area contributed by atoms with Gasteiger partial charge in [-0.3, -0.25) is 4.79 Å². The lowest BCUT2D eigenvalue weighted by atomic mass is 10.2. The molecule has 2 N–H and O–H groups in total. The number of nitrogens with zero attached hydrogens (tertiary/aromatic N) is 3. The molecule has 1 aromatic rings. The first-order chi connectivity index (χ1) is 7.56. The molecule has 0 bridgehead atoms. The Balaban J connectivity index is 2.79. The lowest BCUT2D eigenvalue weighted by Gasteiger charge is -2.24. The van der Waals surface area contributed by atoms with Crippen LogP contribution in [0.25, 0.3) is 0 Å². The van der Waals surface area contributed by atoms with E-state index >= 15 is 0 Å². The van der Waals surface area contributed by atoms with Gasteiger partial charge in [0.1, 0.15) is 5.69 Å². The molecule has 0 fully saturated rings. The van der Waals surface area contributed by atoms with E-state index in [9.17, 15) is 4.79 Å². The number of nitrogens with two attached hydrogens (primary N) is 1. The van der Waals surface area contributed by atoms with E-state index in [0.29, 0.717) is 23.8 Å². The molecular formula is C10H14N4OS. The number of thiazole rings is 1. The fourth-order valence-corrected chi connectivity index (χ4v) is 1.83. The van der Waals surface area contributed by atoms with Gasteiger partial charge < -0.3 is 10.6 Å². The SMILES string of the molecule is CC(C)N(CCC#N)C(=O)c1csc(N)n1. The molecule has 0 aromatic carbocycles. The largest absolute Gasteiger partial charge is 0.375 e. The van der Waals surface area contributed by atoms with Gasteiger partial charge in [0.2, 0.25) is 0 Å². The summed E-state index contributed by atoms with van der Waals surface area (Å²) in [5, 5.41) is 10.6. The van der Waals surface area contributed by atoms with Crippen LogP contribution in [0.1, 0.15) is 30.8 Å². The van der Waals surface area contributed by atoms with Crippen molar-refractivity contribution in [3.63, 3.8) is 0 Å². The van der Waals surface area contributed by atoms with Crippen LogP contribution < -0.4 is 5.73 Å².